The van der Waals surface area contributed by atoms with Gasteiger partial charge < -0.3 is 5.11 Å². The van der Waals surface area contributed by atoms with E-state index in [9.17, 15) is 23.1 Å². The first-order valence-electron chi connectivity index (χ1n) is 4.28. The predicted octanol–water partition coefficient (Wildman–Crippen LogP) is 3.28. The number of carbonyl (C=O) groups excluding carboxylic acids is 1. The molecule has 16 heavy (non-hydrogen) atoms. The Morgan fingerprint density at radius 2 is 2.00 bits per heavy atom. The van der Waals surface area contributed by atoms with E-state index in [1.54, 1.807) is 0 Å². The maximum Gasteiger partial charge on any atom is 0.416 e. The van der Waals surface area contributed by atoms with Crippen LogP contribution in [0.3, 0.4) is 0 Å². The number of hydrogen-bond acceptors (Lipinski definition) is 2. The zero-order valence-corrected chi connectivity index (χ0v) is 8.93. The zero-order valence-electron chi connectivity index (χ0n) is 8.18. The smallest absolute Gasteiger partial charge is 0.416 e. The first-order valence-corrected chi connectivity index (χ1v) is 4.71. The summed E-state index contributed by atoms with van der Waals surface area (Å²) in [4.78, 5) is 10.9. The van der Waals surface area contributed by atoms with Crippen LogP contribution in [0.15, 0.2) is 18.2 Å². The molecule has 6 heteroatoms. The molecule has 1 aromatic carbocycles. The summed E-state index contributed by atoms with van der Waals surface area (Å²) >= 11 is 5.59. The molecule has 88 valence electrons. The third kappa shape index (κ3) is 2.66. The molecule has 1 rings (SSSR count). The average molecular weight is 253 g/mol. The van der Waals surface area contributed by atoms with Gasteiger partial charge in [0.1, 0.15) is 11.1 Å². The Morgan fingerprint density at radius 1 is 1.44 bits per heavy atom. The SMILES string of the molecule is CC(=O)C(Cl)c1cc(C(F)(F)F)ccc1O. The largest absolute Gasteiger partial charge is 0.508 e. The zero-order chi connectivity index (χ0) is 12.5. The second-order valence-electron chi connectivity index (χ2n) is 3.24. The van der Waals surface area contributed by atoms with E-state index in [2.05, 4.69) is 0 Å². The van der Waals surface area contributed by atoms with Crippen molar-refractivity contribution >= 4 is 17.4 Å². The Kier molecular flexibility index (Phi) is 3.48. The lowest BCUT2D eigenvalue weighted by molar-refractivity contribution is -0.137. The summed E-state index contributed by atoms with van der Waals surface area (Å²) in [5, 5.41) is 8.04. The van der Waals surface area contributed by atoms with E-state index in [0.717, 1.165) is 19.1 Å². The van der Waals surface area contributed by atoms with Gasteiger partial charge in [0.15, 0.2) is 5.78 Å². The third-order valence-electron chi connectivity index (χ3n) is 1.98. The molecular formula is C10H8ClF3O2. The number of benzene rings is 1. The van der Waals surface area contributed by atoms with Crippen LogP contribution in [0, 0.1) is 0 Å². The average Bonchev–Trinajstić information content (AvgIpc) is 2.15. The molecule has 1 atom stereocenters. The number of alkyl halides is 4. The quantitative estimate of drug-likeness (QED) is 0.820. The number of rotatable bonds is 2. The summed E-state index contributed by atoms with van der Waals surface area (Å²) in [5.41, 5.74) is -1.18. The third-order valence-corrected chi connectivity index (χ3v) is 2.53. The summed E-state index contributed by atoms with van der Waals surface area (Å²) in [6.45, 7) is 1.14. The highest BCUT2D eigenvalue weighted by Gasteiger charge is 2.32. The molecule has 1 aromatic rings. The van der Waals surface area contributed by atoms with E-state index in [1.165, 1.54) is 0 Å². The second kappa shape index (κ2) is 4.33. The molecule has 0 aliphatic carbocycles. The Bertz CT molecular complexity index is 415. The van der Waals surface area contributed by atoms with Crippen LogP contribution in [0.2, 0.25) is 0 Å². The number of phenols is 1. The Morgan fingerprint density at radius 3 is 2.44 bits per heavy atom. The van der Waals surface area contributed by atoms with Gasteiger partial charge in [-0.3, -0.25) is 4.79 Å². The molecule has 2 nitrogen and oxygen atoms in total. The number of Topliss-reactive ketones (excluding diaryl/α,β-unsaturated/α-hetero) is 1. The highest BCUT2D eigenvalue weighted by atomic mass is 35.5. The summed E-state index contributed by atoms with van der Waals surface area (Å²) in [6, 6.07) is 2.27. The predicted molar refractivity (Wildman–Crippen MR) is 52.4 cm³/mol. The molecule has 1 unspecified atom stereocenters. The monoisotopic (exact) mass is 252 g/mol. The molecule has 0 fully saturated rings. The molecule has 0 amide bonds. The summed E-state index contributed by atoms with van der Waals surface area (Å²) < 4.78 is 37.1. The normalized spacial score (nSPS) is 13.6. The van der Waals surface area contributed by atoms with E-state index in [-0.39, 0.29) is 5.56 Å². The van der Waals surface area contributed by atoms with Crippen LogP contribution in [-0.4, -0.2) is 10.9 Å². The minimum Gasteiger partial charge on any atom is -0.508 e. The van der Waals surface area contributed by atoms with Crippen LogP contribution in [-0.2, 0) is 11.0 Å². The number of halogens is 4. The van der Waals surface area contributed by atoms with Gasteiger partial charge in [0.2, 0.25) is 0 Å². The number of ketones is 1. The van der Waals surface area contributed by atoms with Crippen molar-refractivity contribution in [3.05, 3.63) is 29.3 Å². The van der Waals surface area contributed by atoms with Crippen molar-refractivity contribution in [2.75, 3.05) is 0 Å². The van der Waals surface area contributed by atoms with Crippen LogP contribution < -0.4 is 0 Å². The topological polar surface area (TPSA) is 37.3 Å². The molecule has 0 heterocycles. The van der Waals surface area contributed by atoms with Crippen molar-refractivity contribution in [1.82, 2.24) is 0 Å². The van der Waals surface area contributed by atoms with Gasteiger partial charge in [-0.1, -0.05) is 0 Å². The van der Waals surface area contributed by atoms with Crippen LogP contribution >= 0.6 is 11.6 Å². The molecule has 0 bridgehead atoms. The van der Waals surface area contributed by atoms with Crippen LogP contribution in [0.1, 0.15) is 23.4 Å². The molecule has 0 radical (unpaired) electrons. The first-order chi connectivity index (χ1) is 7.23. The van der Waals surface area contributed by atoms with Gasteiger partial charge in [0, 0.05) is 5.56 Å². The highest BCUT2D eigenvalue weighted by molar-refractivity contribution is 6.31. The molecule has 0 saturated carbocycles. The van der Waals surface area contributed by atoms with Gasteiger partial charge in [-0.25, -0.2) is 0 Å². The maximum atomic E-state index is 12.4. The molecule has 0 saturated heterocycles. The van der Waals surface area contributed by atoms with Crippen molar-refractivity contribution < 1.29 is 23.1 Å². The highest BCUT2D eigenvalue weighted by Crippen LogP contribution is 2.36. The number of hydrogen-bond donors (Lipinski definition) is 1. The fraction of sp³-hybridized carbons (Fsp3) is 0.300. The number of phenolic OH excluding ortho intramolecular Hbond substituents is 1. The molecule has 0 aliphatic heterocycles. The van der Waals surface area contributed by atoms with Gasteiger partial charge in [-0.2, -0.15) is 13.2 Å². The maximum absolute atomic E-state index is 12.4. The summed E-state index contributed by atoms with van der Waals surface area (Å²) in [7, 11) is 0. The lowest BCUT2D eigenvalue weighted by Gasteiger charge is -2.12. The van der Waals surface area contributed by atoms with Crippen molar-refractivity contribution in [2.45, 2.75) is 18.5 Å². The van der Waals surface area contributed by atoms with Crippen molar-refractivity contribution in [1.29, 1.82) is 0 Å². The Hall–Kier alpha value is -1.23. The lowest BCUT2D eigenvalue weighted by atomic mass is 10.0. The second-order valence-corrected chi connectivity index (χ2v) is 3.68. The molecular weight excluding hydrogens is 245 g/mol. The van der Waals surface area contributed by atoms with Gasteiger partial charge in [0.05, 0.1) is 5.56 Å². The first kappa shape index (κ1) is 12.8. The molecule has 0 aliphatic rings. The van der Waals surface area contributed by atoms with E-state index in [4.69, 9.17) is 11.6 Å². The Balaban J connectivity index is 3.24. The van der Waals surface area contributed by atoms with Gasteiger partial charge >= 0.3 is 6.18 Å². The minimum atomic E-state index is -4.53. The van der Waals surface area contributed by atoms with Crippen molar-refractivity contribution in [2.24, 2.45) is 0 Å². The van der Waals surface area contributed by atoms with Crippen molar-refractivity contribution in [3.8, 4) is 5.75 Å². The molecule has 1 N–H and O–H groups in total. The number of aromatic hydroxyl groups is 1. The van der Waals surface area contributed by atoms with Crippen molar-refractivity contribution in [3.63, 3.8) is 0 Å². The summed E-state index contributed by atoms with van der Waals surface area (Å²) in [6.07, 6.45) is -4.53. The van der Waals surface area contributed by atoms with Crippen LogP contribution in [0.25, 0.3) is 0 Å². The fourth-order valence-electron chi connectivity index (χ4n) is 1.15. The lowest BCUT2D eigenvalue weighted by Crippen LogP contribution is -2.08. The van der Waals surface area contributed by atoms with Gasteiger partial charge in [-0.05, 0) is 25.1 Å². The molecule has 0 aromatic heterocycles. The van der Waals surface area contributed by atoms with Crippen LogP contribution in [0.4, 0.5) is 13.2 Å². The van der Waals surface area contributed by atoms with Gasteiger partial charge in [0.25, 0.3) is 0 Å². The standard InChI is InChI=1S/C10H8ClF3O2/c1-5(15)9(11)7-4-6(10(12,13)14)2-3-8(7)16/h2-4,9,16H,1H3. The fourth-order valence-corrected chi connectivity index (χ4v) is 1.33. The summed E-state index contributed by atoms with van der Waals surface area (Å²) in [5.74, 6) is -0.959. The minimum absolute atomic E-state index is 0.232. The van der Waals surface area contributed by atoms with E-state index < -0.39 is 28.6 Å². The van der Waals surface area contributed by atoms with E-state index >= 15 is 0 Å². The molecule has 0 spiro atoms. The van der Waals surface area contributed by atoms with E-state index in [1.807, 2.05) is 0 Å². The number of carbonyl (C=O) groups is 1. The Labute approximate surface area is 94.6 Å². The van der Waals surface area contributed by atoms with Crippen LogP contribution in [0.5, 0.6) is 5.75 Å². The van der Waals surface area contributed by atoms with E-state index in [0.29, 0.717) is 6.07 Å². The van der Waals surface area contributed by atoms with Gasteiger partial charge in [-0.15, -0.1) is 11.6 Å².